The van der Waals surface area contributed by atoms with Crippen molar-refractivity contribution in [3.63, 3.8) is 0 Å². The molecule has 2 heterocycles. The molecule has 0 aliphatic carbocycles. The van der Waals surface area contributed by atoms with Crippen molar-refractivity contribution in [3.8, 4) is 5.75 Å². The van der Waals surface area contributed by atoms with Gasteiger partial charge in [0.05, 0.1) is 19.2 Å². The predicted molar refractivity (Wildman–Crippen MR) is 65.0 cm³/mol. The molecule has 0 radical (unpaired) electrons. The molecule has 0 saturated heterocycles. The molecule has 5 heteroatoms. The number of ether oxygens (including phenoxy) is 1. The fourth-order valence-electron chi connectivity index (χ4n) is 1.34. The minimum Gasteiger partial charge on any atom is -0.493 e. The number of methoxy groups -OCH3 is 1. The van der Waals surface area contributed by atoms with E-state index in [9.17, 15) is 0 Å². The van der Waals surface area contributed by atoms with Gasteiger partial charge in [0.15, 0.2) is 11.6 Å². The third-order valence-corrected chi connectivity index (χ3v) is 2.91. The molecule has 0 unspecified atom stereocenters. The van der Waals surface area contributed by atoms with Crippen LogP contribution in [-0.4, -0.2) is 17.1 Å². The molecule has 0 spiro atoms. The molecule has 16 heavy (non-hydrogen) atoms. The van der Waals surface area contributed by atoms with Crippen LogP contribution in [-0.2, 0) is 6.54 Å². The van der Waals surface area contributed by atoms with Crippen LogP contribution in [0.5, 0.6) is 5.75 Å². The molecule has 1 N–H and O–H groups in total. The first kappa shape index (κ1) is 10.9. The molecule has 4 nitrogen and oxygen atoms in total. The Balaban J connectivity index is 2.11. The van der Waals surface area contributed by atoms with E-state index in [1.54, 1.807) is 18.4 Å². The topological polar surface area (TPSA) is 47.0 Å². The van der Waals surface area contributed by atoms with Crippen molar-refractivity contribution >= 4 is 17.2 Å². The standard InChI is InChI=1S/C11H13N3OS/c1-8-3-4-10(15-2)11(14-8)13-6-9-5-12-7-16-9/h3-5,7H,6H2,1-2H3,(H,13,14). The first-order chi connectivity index (χ1) is 7.79. The molecule has 84 valence electrons. The number of rotatable bonds is 4. The number of thiazole rings is 1. The zero-order valence-corrected chi connectivity index (χ0v) is 10.0. The van der Waals surface area contributed by atoms with E-state index >= 15 is 0 Å². The van der Waals surface area contributed by atoms with Crippen molar-refractivity contribution < 1.29 is 4.74 Å². The van der Waals surface area contributed by atoms with Gasteiger partial charge in [0.1, 0.15) is 0 Å². The smallest absolute Gasteiger partial charge is 0.169 e. The van der Waals surface area contributed by atoms with E-state index in [4.69, 9.17) is 4.74 Å². The van der Waals surface area contributed by atoms with Gasteiger partial charge in [0, 0.05) is 16.8 Å². The maximum Gasteiger partial charge on any atom is 0.169 e. The second-order valence-electron chi connectivity index (χ2n) is 3.32. The van der Waals surface area contributed by atoms with Gasteiger partial charge in [0.25, 0.3) is 0 Å². The highest BCUT2D eigenvalue weighted by atomic mass is 32.1. The van der Waals surface area contributed by atoms with Gasteiger partial charge in [-0.25, -0.2) is 4.98 Å². The van der Waals surface area contributed by atoms with E-state index in [1.807, 2.05) is 30.8 Å². The Morgan fingerprint density at radius 3 is 3.00 bits per heavy atom. The highest BCUT2D eigenvalue weighted by Gasteiger charge is 2.04. The summed E-state index contributed by atoms with van der Waals surface area (Å²) in [6.07, 6.45) is 1.85. The summed E-state index contributed by atoms with van der Waals surface area (Å²) in [6.45, 7) is 2.68. The maximum absolute atomic E-state index is 5.23. The minimum absolute atomic E-state index is 0.720. The molecule has 0 aliphatic rings. The highest BCUT2D eigenvalue weighted by molar-refractivity contribution is 7.09. The molecule has 2 aromatic rings. The quantitative estimate of drug-likeness (QED) is 0.884. The zero-order valence-electron chi connectivity index (χ0n) is 9.23. The van der Waals surface area contributed by atoms with Gasteiger partial charge in [-0.05, 0) is 19.1 Å². The van der Waals surface area contributed by atoms with Crippen molar-refractivity contribution in [1.82, 2.24) is 9.97 Å². The Morgan fingerprint density at radius 2 is 2.31 bits per heavy atom. The van der Waals surface area contributed by atoms with E-state index < -0.39 is 0 Å². The molecule has 2 aromatic heterocycles. The van der Waals surface area contributed by atoms with Crippen molar-refractivity contribution in [3.05, 3.63) is 34.4 Å². The predicted octanol–water partition coefficient (Wildman–Crippen LogP) is 2.47. The number of hydrogen-bond donors (Lipinski definition) is 1. The normalized spacial score (nSPS) is 10.1. The summed E-state index contributed by atoms with van der Waals surface area (Å²) in [6, 6.07) is 3.84. The van der Waals surface area contributed by atoms with Gasteiger partial charge in [-0.3, -0.25) is 4.98 Å². The van der Waals surface area contributed by atoms with Crippen molar-refractivity contribution in [2.45, 2.75) is 13.5 Å². The van der Waals surface area contributed by atoms with Crippen LogP contribution in [0.1, 0.15) is 10.6 Å². The van der Waals surface area contributed by atoms with Crippen molar-refractivity contribution in [2.75, 3.05) is 12.4 Å². The molecule has 0 aliphatic heterocycles. The first-order valence-electron chi connectivity index (χ1n) is 4.92. The molecule has 0 fully saturated rings. The molecule has 0 saturated carbocycles. The fourth-order valence-corrected chi connectivity index (χ4v) is 1.87. The first-order valence-corrected chi connectivity index (χ1v) is 5.80. The average Bonchev–Trinajstić information content (AvgIpc) is 2.79. The van der Waals surface area contributed by atoms with Crippen LogP contribution in [0.3, 0.4) is 0 Å². The zero-order chi connectivity index (χ0) is 11.4. The number of pyridine rings is 1. The van der Waals surface area contributed by atoms with Crippen LogP contribution in [0.4, 0.5) is 5.82 Å². The lowest BCUT2D eigenvalue weighted by Crippen LogP contribution is -2.03. The highest BCUT2D eigenvalue weighted by Crippen LogP contribution is 2.22. The van der Waals surface area contributed by atoms with E-state index in [2.05, 4.69) is 15.3 Å². The van der Waals surface area contributed by atoms with E-state index in [0.717, 1.165) is 23.8 Å². The molecule has 2 rings (SSSR count). The monoisotopic (exact) mass is 235 g/mol. The summed E-state index contributed by atoms with van der Waals surface area (Å²) < 4.78 is 5.23. The molecule has 0 aromatic carbocycles. The van der Waals surface area contributed by atoms with Crippen molar-refractivity contribution in [2.24, 2.45) is 0 Å². The van der Waals surface area contributed by atoms with Crippen LogP contribution >= 0.6 is 11.3 Å². The number of aromatic nitrogens is 2. The largest absolute Gasteiger partial charge is 0.493 e. The van der Waals surface area contributed by atoms with Crippen LogP contribution < -0.4 is 10.1 Å². The molecule has 0 amide bonds. The Labute approximate surface area is 98.3 Å². The summed E-state index contributed by atoms with van der Waals surface area (Å²) in [5, 5.41) is 3.24. The summed E-state index contributed by atoms with van der Waals surface area (Å²) in [4.78, 5) is 9.58. The average molecular weight is 235 g/mol. The summed E-state index contributed by atoms with van der Waals surface area (Å²) in [7, 11) is 1.64. The van der Waals surface area contributed by atoms with Gasteiger partial charge in [-0.2, -0.15) is 0 Å². The SMILES string of the molecule is COc1ccc(C)nc1NCc1cncs1. The van der Waals surface area contributed by atoms with E-state index in [1.165, 1.54) is 4.88 Å². The summed E-state index contributed by atoms with van der Waals surface area (Å²) in [5.74, 6) is 1.53. The minimum atomic E-state index is 0.720. The lowest BCUT2D eigenvalue weighted by Gasteiger charge is -2.09. The Morgan fingerprint density at radius 1 is 1.44 bits per heavy atom. The second kappa shape index (κ2) is 4.94. The van der Waals surface area contributed by atoms with Gasteiger partial charge in [-0.15, -0.1) is 11.3 Å². The number of anilines is 1. The third-order valence-electron chi connectivity index (χ3n) is 2.13. The Kier molecular flexibility index (Phi) is 3.36. The molecular weight excluding hydrogens is 222 g/mol. The number of aryl methyl sites for hydroxylation is 1. The van der Waals surface area contributed by atoms with Crippen LogP contribution in [0.2, 0.25) is 0 Å². The molecular formula is C11H13N3OS. The van der Waals surface area contributed by atoms with Gasteiger partial charge in [0.2, 0.25) is 0 Å². The van der Waals surface area contributed by atoms with Gasteiger partial charge in [-0.1, -0.05) is 0 Å². The second-order valence-corrected chi connectivity index (χ2v) is 4.30. The van der Waals surface area contributed by atoms with Gasteiger partial charge >= 0.3 is 0 Å². The van der Waals surface area contributed by atoms with E-state index in [0.29, 0.717) is 0 Å². The fraction of sp³-hybridized carbons (Fsp3) is 0.273. The lowest BCUT2D eigenvalue weighted by molar-refractivity contribution is 0.414. The van der Waals surface area contributed by atoms with Gasteiger partial charge < -0.3 is 10.1 Å². The summed E-state index contributed by atoms with van der Waals surface area (Å²) >= 11 is 1.62. The van der Waals surface area contributed by atoms with Crippen LogP contribution in [0, 0.1) is 6.92 Å². The Hall–Kier alpha value is -1.62. The van der Waals surface area contributed by atoms with Crippen molar-refractivity contribution in [1.29, 1.82) is 0 Å². The van der Waals surface area contributed by atoms with Crippen LogP contribution in [0.15, 0.2) is 23.8 Å². The Bertz CT molecular complexity index is 456. The molecule has 0 atom stereocenters. The maximum atomic E-state index is 5.23. The number of nitrogens with zero attached hydrogens (tertiary/aromatic N) is 2. The van der Waals surface area contributed by atoms with Crippen LogP contribution in [0.25, 0.3) is 0 Å². The number of hydrogen-bond acceptors (Lipinski definition) is 5. The molecule has 0 bridgehead atoms. The number of nitrogens with one attached hydrogen (secondary N) is 1. The van der Waals surface area contributed by atoms with E-state index in [-0.39, 0.29) is 0 Å². The summed E-state index contributed by atoms with van der Waals surface area (Å²) in [5.41, 5.74) is 2.78. The lowest BCUT2D eigenvalue weighted by atomic mass is 10.3. The third kappa shape index (κ3) is 2.49.